The molecule has 4 amide bonds. The van der Waals surface area contributed by atoms with E-state index in [-0.39, 0.29) is 42.8 Å². The Bertz CT molecular complexity index is 2090. The molecule has 3 aliphatic rings. The number of aromatic nitrogens is 4. The van der Waals surface area contributed by atoms with Crippen molar-refractivity contribution in [3.8, 4) is 0 Å². The van der Waals surface area contributed by atoms with Crippen molar-refractivity contribution in [2.45, 2.75) is 171 Å². The third-order valence-electron chi connectivity index (χ3n) is 9.23. The third-order valence-corrected chi connectivity index (χ3v) is 9.23. The predicted octanol–water partition coefficient (Wildman–Crippen LogP) is 8.55. The number of aliphatic hydroxyl groups excluding tert-OH is 1. The number of aryl methyl sites for hydroxylation is 2. The fraction of sp³-hybridized carbons (Fsp3) is 0.633. The molecule has 0 bridgehead atoms. The average molecular weight is 1050 g/mol. The van der Waals surface area contributed by atoms with Crippen molar-refractivity contribution in [2.75, 3.05) is 32.7 Å². The molecule has 0 aromatic carbocycles. The Morgan fingerprint density at radius 1 is 0.690 bits per heavy atom. The van der Waals surface area contributed by atoms with Gasteiger partial charge < -0.3 is 35.1 Å². The number of aldehydes is 1. The van der Waals surface area contributed by atoms with Crippen molar-refractivity contribution in [3.63, 3.8) is 0 Å². The molecule has 404 valence electrons. The number of aromatic amines is 2. The second kappa shape index (κ2) is 31.1. The van der Waals surface area contributed by atoms with Gasteiger partial charge in [0.25, 0.3) is 0 Å². The summed E-state index contributed by atoms with van der Waals surface area (Å²) in [5.41, 5.74) is 10.1. The predicted molar refractivity (Wildman–Crippen MR) is 277 cm³/mol. The van der Waals surface area contributed by atoms with Gasteiger partial charge in [0.05, 0.1) is 18.5 Å². The summed E-state index contributed by atoms with van der Waals surface area (Å²) in [6.45, 7) is 32.0. The quantitative estimate of drug-likeness (QED) is 0.123. The summed E-state index contributed by atoms with van der Waals surface area (Å²) in [7, 11) is 0. The number of amides is 4. The van der Waals surface area contributed by atoms with E-state index in [1.807, 2.05) is 103 Å². The summed E-state index contributed by atoms with van der Waals surface area (Å²) in [5, 5.41) is 25.5. The number of nitrogens with one attached hydrogen (secondary N) is 3. The molecule has 0 saturated carbocycles. The van der Waals surface area contributed by atoms with Crippen LogP contribution in [-0.2, 0) is 41.4 Å². The molecule has 0 saturated heterocycles. The number of ether oxygens (including phenoxy) is 4. The zero-order chi connectivity index (χ0) is 52.9. The van der Waals surface area contributed by atoms with Crippen molar-refractivity contribution < 1.29 is 52.8 Å². The first kappa shape index (κ1) is 67.6. The molecular weight excluding hydrogens is 961 g/mol. The second-order valence-corrected chi connectivity index (χ2v) is 20.4. The fourth-order valence-electron chi connectivity index (χ4n) is 5.81. The smallest absolute Gasteiger partial charge is 0.414 e. The van der Waals surface area contributed by atoms with E-state index in [0.29, 0.717) is 56.7 Å². The van der Waals surface area contributed by atoms with Gasteiger partial charge in [-0.25, -0.2) is 19.2 Å². The standard InChI is InChI=1S/C11H19N3O2.C11H19NO3.C11H17NO3.C10H15NO3.C6H11N3.2ClH/c1-8-9(7-13-14-8)5-6-12-10(15)16-11(2,3)4;2*1-8(13)9-5-6-12(7-9)10(14)15-11(2,3)4;1-10(2,3)14-9(13)11-5-4-8(6-11)7-12;1-5-6(2-3-7)4-8-9-5;;/h7H,5-6H2,1-4H3,(H,12,15)(H,13,14);7-8,13H,5-6H2,1-4H3;7H,5-6H2,1-4H3;6-7H,4-5H2,1-3H3;4H,2-3,7H2,1H3,(H,8,9);2*1H. The van der Waals surface area contributed by atoms with Gasteiger partial charge in [-0.15, -0.1) is 24.8 Å². The van der Waals surface area contributed by atoms with Gasteiger partial charge >= 0.3 is 24.4 Å². The number of H-pyrrole nitrogens is 2. The second-order valence-electron chi connectivity index (χ2n) is 20.4. The summed E-state index contributed by atoms with van der Waals surface area (Å²) in [5.74, 6) is 0.0149. The SMILES string of the molecule is CC(=O)C1=CN(C(=O)OC(C)(C)C)CC1.CC(C)(C)OC(=O)N1C=C(C=O)CC1.CC(O)C1=CN(C(=O)OC(C)(C)C)CC1.Cc1[nH]ncc1CCN.Cc1[nH]ncc1CCNC(=O)OC(C)(C)C.Cl.Cl. The van der Waals surface area contributed by atoms with E-state index in [4.69, 9.17) is 24.7 Å². The van der Waals surface area contributed by atoms with Crippen LogP contribution in [0.3, 0.4) is 0 Å². The fourth-order valence-corrected chi connectivity index (χ4v) is 5.81. The molecule has 5 rings (SSSR count). The zero-order valence-electron chi connectivity index (χ0n) is 44.8. The first-order valence-corrected chi connectivity index (χ1v) is 23.1. The largest absolute Gasteiger partial charge is 0.444 e. The lowest BCUT2D eigenvalue weighted by Gasteiger charge is -2.23. The third kappa shape index (κ3) is 29.5. The molecule has 1 unspecified atom stereocenters. The molecule has 1 atom stereocenters. The Kier molecular flexibility index (Phi) is 29.6. The van der Waals surface area contributed by atoms with Gasteiger partial charge in [-0.05, 0) is 166 Å². The Hall–Kier alpha value is -5.44. The zero-order valence-corrected chi connectivity index (χ0v) is 46.4. The van der Waals surface area contributed by atoms with E-state index in [1.165, 1.54) is 27.2 Å². The summed E-state index contributed by atoms with van der Waals surface area (Å²) in [6.07, 6.45) is 10.8. The van der Waals surface area contributed by atoms with Crippen molar-refractivity contribution in [3.05, 3.63) is 70.2 Å². The molecule has 6 N–H and O–H groups in total. The lowest BCUT2D eigenvalue weighted by molar-refractivity contribution is -0.113. The van der Waals surface area contributed by atoms with Crippen LogP contribution in [0.5, 0.6) is 0 Å². The number of rotatable bonds is 8. The van der Waals surface area contributed by atoms with Crippen molar-refractivity contribution in [1.29, 1.82) is 0 Å². The van der Waals surface area contributed by atoms with Crippen LogP contribution in [0.25, 0.3) is 0 Å². The first-order valence-electron chi connectivity index (χ1n) is 23.1. The van der Waals surface area contributed by atoms with Crippen molar-refractivity contribution in [1.82, 2.24) is 40.4 Å². The van der Waals surface area contributed by atoms with Crippen LogP contribution in [0.2, 0.25) is 0 Å². The maximum atomic E-state index is 11.6. The summed E-state index contributed by atoms with van der Waals surface area (Å²) in [4.78, 5) is 71.8. The normalized spacial score (nSPS) is 14.5. The maximum absolute atomic E-state index is 11.6. The molecular formula is C49H83Cl2N9O11. The minimum atomic E-state index is -0.496. The molecule has 22 heteroatoms. The van der Waals surface area contributed by atoms with Gasteiger partial charge in [0, 0.05) is 67.3 Å². The van der Waals surface area contributed by atoms with Crippen LogP contribution in [0.4, 0.5) is 19.2 Å². The van der Waals surface area contributed by atoms with Gasteiger partial charge in [0.15, 0.2) is 5.78 Å². The minimum Gasteiger partial charge on any atom is -0.444 e. The van der Waals surface area contributed by atoms with Gasteiger partial charge in [0.2, 0.25) is 0 Å². The highest BCUT2D eigenvalue weighted by Crippen LogP contribution is 2.21. The lowest BCUT2D eigenvalue weighted by atomic mass is 10.1. The molecule has 2 aromatic rings. The van der Waals surface area contributed by atoms with Crippen LogP contribution in [0.1, 0.15) is 139 Å². The lowest BCUT2D eigenvalue weighted by Crippen LogP contribution is -2.33. The number of nitrogens with zero attached hydrogens (tertiary/aromatic N) is 5. The highest BCUT2D eigenvalue weighted by atomic mass is 35.5. The highest BCUT2D eigenvalue weighted by molar-refractivity contribution is 5.94. The van der Waals surface area contributed by atoms with E-state index in [1.54, 1.807) is 31.7 Å². The number of Topliss-reactive ketones (excluding diaryl/α,β-unsaturated/α-hetero) is 1. The molecule has 0 radical (unpaired) electrons. The van der Waals surface area contributed by atoms with Crippen LogP contribution in [-0.4, -0.2) is 138 Å². The number of hydrogen-bond donors (Lipinski definition) is 5. The molecule has 2 aromatic heterocycles. The van der Waals surface area contributed by atoms with Gasteiger partial charge in [-0.3, -0.25) is 34.5 Å². The number of ketones is 1. The minimum absolute atomic E-state index is 0. The molecule has 20 nitrogen and oxygen atoms in total. The molecule has 5 heterocycles. The molecule has 0 aliphatic carbocycles. The van der Waals surface area contributed by atoms with Gasteiger partial charge in [0.1, 0.15) is 28.7 Å². The number of hydrogen-bond acceptors (Lipinski definition) is 14. The first-order chi connectivity index (χ1) is 31.7. The van der Waals surface area contributed by atoms with Crippen LogP contribution < -0.4 is 11.1 Å². The van der Waals surface area contributed by atoms with E-state index in [2.05, 4.69) is 25.7 Å². The van der Waals surface area contributed by atoms with Crippen molar-refractivity contribution >= 4 is 61.3 Å². The number of carbonyl (C=O) groups is 6. The Balaban J connectivity index is 0. The van der Waals surface area contributed by atoms with Crippen molar-refractivity contribution in [2.24, 2.45) is 5.73 Å². The van der Waals surface area contributed by atoms with Gasteiger partial charge in [-0.1, -0.05) is 0 Å². The Morgan fingerprint density at radius 3 is 1.44 bits per heavy atom. The van der Waals surface area contributed by atoms with E-state index >= 15 is 0 Å². The molecule has 3 aliphatic heterocycles. The number of carbonyl (C=O) groups excluding carboxylic acids is 6. The number of aliphatic hydroxyl groups is 1. The Morgan fingerprint density at radius 2 is 1.10 bits per heavy atom. The topological polar surface area (TPSA) is 265 Å². The highest BCUT2D eigenvalue weighted by Gasteiger charge is 2.28. The molecule has 71 heavy (non-hydrogen) atoms. The molecule has 0 spiro atoms. The Labute approximate surface area is 433 Å². The monoisotopic (exact) mass is 1040 g/mol. The van der Waals surface area contributed by atoms with Crippen LogP contribution in [0.15, 0.2) is 47.7 Å². The van der Waals surface area contributed by atoms with E-state index < -0.39 is 40.7 Å². The average Bonchev–Trinajstić information content (AvgIpc) is 4.06. The summed E-state index contributed by atoms with van der Waals surface area (Å²) in [6, 6.07) is 0. The summed E-state index contributed by atoms with van der Waals surface area (Å²) < 4.78 is 20.6. The van der Waals surface area contributed by atoms with E-state index in [9.17, 15) is 33.9 Å². The van der Waals surface area contributed by atoms with Gasteiger partial charge in [-0.2, -0.15) is 10.2 Å². The maximum Gasteiger partial charge on any atom is 0.414 e. The number of halogens is 2. The summed E-state index contributed by atoms with van der Waals surface area (Å²) >= 11 is 0. The number of alkyl carbamates (subject to hydrolysis) is 1. The number of nitrogens with two attached hydrogens (primary N) is 1. The molecule has 0 fully saturated rings. The van der Waals surface area contributed by atoms with Crippen LogP contribution in [0, 0.1) is 13.8 Å². The van der Waals surface area contributed by atoms with E-state index in [0.717, 1.165) is 48.1 Å². The van der Waals surface area contributed by atoms with Crippen LogP contribution >= 0.6 is 24.8 Å².